The summed E-state index contributed by atoms with van der Waals surface area (Å²) in [5.41, 5.74) is 2.38. The van der Waals surface area contributed by atoms with Gasteiger partial charge in [-0.25, -0.2) is 14.4 Å². The zero-order chi connectivity index (χ0) is 21.9. The summed E-state index contributed by atoms with van der Waals surface area (Å²) in [5.74, 6) is 2.06. The zero-order valence-corrected chi connectivity index (χ0v) is 18.0. The molecule has 2 aliphatic carbocycles. The van der Waals surface area contributed by atoms with Crippen molar-refractivity contribution in [2.75, 3.05) is 5.32 Å². The number of anilines is 2. The Morgan fingerprint density at radius 3 is 2.47 bits per heavy atom. The first kappa shape index (κ1) is 20.7. The van der Waals surface area contributed by atoms with Crippen LogP contribution in [0.5, 0.6) is 0 Å². The molecule has 2 aromatic heterocycles. The molecule has 0 spiro atoms. The van der Waals surface area contributed by atoms with E-state index >= 15 is 0 Å². The van der Waals surface area contributed by atoms with Crippen LogP contribution in [-0.2, 0) is 4.79 Å². The molecule has 2 atom stereocenters. The van der Waals surface area contributed by atoms with E-state index in [9.17, 15) is 9.18 Å². The highest BCUT2D eigenvalue weighted by Gasteiger charge is 2.35. The number of halogens is 1. The van der Waals surface area contributed by atoms with Crippen LogP contribution in [0.15, 0.2) is 54.9 Å². The smallest absolute Gasteiger partial charge is 0.139 e. The maximum Gasteiger partial charge on any atom is 0.139 e. The Labute approximate surface area is 187 Å². The summed E-state index contributed by atoms with van der Waals surface area (Å²) < 4.78 is 13.7. The van der Waals surface area contributed by atoms with Crippen LogP contribution in [0.1, 0.15) is 56.7 Å². The van der Waals surface area contributed by atoms with Crippen molar-refractivity contribution in [1.29, 1.82) is 0 Å². The second kappa shape index (κ2) is 9.15. The van der Waals surface area contributed by atoms with Gasteiger partial charge in [0.1, 0.15) is 23.2 Å². The highest BCUT2D eigenvalue weighted by atomic mass is 19.1. The van der Waals surface area contributed by atoms with E-state index in [1.807, 2.05) is 24.3 Å². The van der Waals surface area contributed by atoms with Gasteiger partial charge in [-0.15, -0.1) is 0 Å². The minimum atomic E-state index is -0.303. The second-order valence-electron chi connectivity index (χ2n) is 8.96. The first-order chi connectivity index (χ1) is 15.7. The van der Waals surface area contributed by atoms with E-state index < -0.39 is 0 Å². The Morgan fingerprint density at radius 1 is 0.938 bits per heavy atom. The molecule has 5 nitrogen and oxygen atoms in total. The van der Waals surface area contributed by atoms with Gasteiger partial charge in [0.05, 0.1) is 5.69 Å². The van der Waals surface area contributed by atoms with Crippen LogP contribution >= 0.6 is 0 Å². The molecule has 164 valence electrons. The number of Topliss-reactive ketones (excluding diaryl/α,β-unsaturated/α-hetero) is 1. The molecule has 2 saturated carbocycles. The molecule has 1 aromatic carbocycles. The average molecular weight is 431 g/mol. The molecule has 1 N–H and O–H groups in total. The Balaban J connectivity index is 1.45. The minimum absolute atomic E-state index is 0.117. The number of benzene rings is 1. The molecule has 3 aromatic rings. The van der Waals surface area contributed by atoms with E-state index in [-0.39, 0.29) is 23.6 Å². The van der Waals surface area contributed by atoms with E-state index in [0.29, 0.717) is 17.3 Å². The third-order valence-electron chi connectivity index (χ3n) is 6.77. The Hall–Kier alpha value is -3.15. The number of hydrogen-bond acceptors (Lipinski definition) is 5. The van der Waals surface area contributed by atoms with E-state index in [1.54, 1.807) is 18.5 Å². The van der Waals surface area contributed by atoms with Gasteiger partial charge in [0.25, 0.3) is 0 Å². The summed E-state index contributed by atoms with van der Waals surface area (Å²) in [4.78, 5) is 26.7. The largest absolute Gasteiger partial charge is 0.340 e. The van der Waals surface area contributed by atoms with Gasteiger partial charge in [-0.3, -0.25) is 9.78 Å². The fourth-order valence-corrected chi connectivity index (χ4v) is 4.81. The maximum atomic E-state index is 13.7. The first-order valence-electron chi connectivity index (χ1n) is 11.5. The van der Waals surface area contributed by atoms with Gasteiger partial charge < -0.3 is 5.32 Å². The normalized spacial score (nSPS) is 21.0. The van der Waals surface area contributed by atoms with Gasteiger partial charge in [-0.1, -0.05) is 18.9 Å². The number of aromatic nitrogens is 3. The lowest BCUT2D eigenvalue weighted by atomic mass is 9.71. The van der Waals surface area contributed by atoms with Crippen LogP contribution < -0.4 is 5.32 Å². The highest BCUT2D eigenvalue weighted by Crippen LogP contribution is 2.40. The van der Waals surface area contributed by atoms with Crippen molar-refractivity contribution < 1.29 is 9.18 Å². The van der Waals surface area contributed by atoms with Gasteiger partial charge in [-0.2, -0.15) is 0 Å². The minimum Gasteiger partial charge on any atom is -0.340 e. The number of nitrogens with zero attached hydrogens (tertiary/aromatic N) is 3. The molecule has 0 radical (unpaired) electrons. The molecule has 0 saturated heterocycles. The molecule has 32 heavy (non-hydrogen) atoms. The monoisotopic (exact) mass is 430 g/mol. The number of ketones is 1. The van der Waals surface area contributed by atoms with E-state index in [2.05, 4.69) is 10.3 Å². The van der Waals surface area contributed by atoms with Crippen LogP contribution in [0, 0.1) is 17.7 Å². The van der Waals surface area contributed by atoms with E-state index in [4.69, 9.17) is 9.97 Å². The van der Waals surface area contributed by atoms with Crippen LogP contribution in [-0.4, -0.2) is 20.7 Å². The lowest BCUT2D eigenvalue weighted by molar-refractivity contribution is -0.130. The molecule has 2 unspecified atom stereocenters. The second-order valence-corrected chi connectivity index (χ2v) is 8.96. The van der Waals surface area contributed by atoms with Gasteiger partial charge in [0.2, 0.25) is 0 Å². The van der Waals surface area contributed by atoms with Gasteiger partial charge in [0, 0.05) is 47.5 Å². The Morgan fingerprint density at radius 2 is 1.72 bits per heavy atom. The van der Waals surface area contributed by atoms with Crippen LogP contribution in [0.2, 0.25) is 0 Å². The van der Waals surface area contributed by atoms with Crippen molar-refractivity contribution in [1.82, 2.24) is 15.0 Å². The van der Waals surface area contributed by atoms with Gasteiger partial charge >= 0.3 is 0 Å². The number of pyridine rings is 1. The van der Waals surface area contributed by atoms with Crippen molar-refractivity contribution in [2.45, 2.75) is 50.9 Å². The number of nitrogens with one attached hydrogen (secondary N) is 1. The van der Waals surface area contributed by atoms with Crippen molar-refractivity contribution in [2.24, 2.45) is 11.8 Å². The van der Waals surface area contributed by atoms with Crippen molar-refractivity contribution in [3.63, 3.8) is 0 Å². The third kappa shape index (κ3) is 4.54. The lowest BCUT2D eigenvalue weighted by Crippen LogP contribution is -2.31. The SMILES string of the molecule is O=C(C1CCC1)C1CCCC(c2nc(Nc3cccc(F)c3)cc(-c3ccncc3)n2)C1. The molecular formula is C26H27FN4O. The molecule has 2 heterocycles. The third-order valence-corrected chi connectivity index (χ3v) is 6.77. The van der Waals surface area contributed by atoms with Crippen molar-refractivity contribution >= 4 is 17.3 Å². The van der Waals surface area contributed by atoms with Gasteiger partial charge in [0.15, 0.2) is 0 Å². The maximum absolute atomic E-state index is 13.7. The Kier molecular flexibility index (Phi) is 5.93. The number of hydrogen-bond donors (Lipinski definition) is 1. The van der Waals surface area contributed by atoms with Crippen LogP contribution in [0.3, 0.4) is 0 Å². The summed E-state index contributed by atoms with van der Waals surface area (Å²) in [7, 11) is 0. The van der Waals surface area contributed by atoms with Crippen molar-refractivity contribution in [3.8, 4) is 11.3 Å². The summed E-state index contributed by atoms with van der Waals surface area (Å²) in [6, 6.07) is 12.1. The first-order valence-corrected chi connectivity index (χ1v) is 11.5. The van der Waals surface area contributed by atoms with Crippen molar-refractivity contribution in [3.05, 3.63) is 66.5 Å². The molecule has 2 fully saturated rings. The molecule has 0 amide bonds. The molecule has 5 rings (SSSR count). The summed E-state index contributed by atoms with van der Waals surface area (Å²) in [6.07, 6.45) is 10.6. The predicted octanol–water partition coefficient (Wildman–Crippen LogP) is 6.06. The molecule has 0 aliphatic heterocycles. The quantitative estimate of drug-likeness (QED) is 0.514. The Bertz CT molecular complexity index is 1100. The molecule has 2 aliphatic rings. The lowest BCUT2D eigenvalue weighted by Gasteiger charge is -2.33. The fourth-order valence-electron chi connectivity index (χ4n) is 4.81. The number of rotatable bonds is 6. The average Bonchev–Trinajstić information content (AvgIpc) is 2.78. The summed E-state index contributed by atoms with van der Waals surface area (Å²) in [5, 5.41) is 3.23. The predicted molar refractivity (Wildman–Crippen MR) is 122 cm³/mol. The molecule has 6 heteroatoms. The molecular weight excluding hydrogens is 403 g/mol. The number of carbonyl (C=O) groups excluding carboxylic acids is 1. The zero-order valence-electron chi connectivity index (χ0n) is 18.0. The topological polar surface area (TPSA) is 67.8 Å². The standard InChI is InChI=1S/C26H27FN4O/c27-21-8-3-9-22(15-21)29-24-16-23(17-10-12-28-13-11-17)30-26(31-24)20-7-2-6-19(14-20)25(32)18-4-1-5-18/h3,8-13,15-16,18-20H,1-2,4-7,14H2,(H,29,30,31). The van der Waals surface area contributed by atoms with Crippen LogP contribution in [0.4, 0.5) is 15.9 Å². The van der Waals surface area contributed by atoms with Crippen LogP contribution in [0.25, 0.3) is 11.3 Å². The summed E-state index contributed by atoms with van der Waals surface area (Å²) in [6.45, 7) is 0. The number of carbonyl (C=O) groups is 1. The van der Waals surface area contributed by atoms with E-state index in [0.717, 1.165) is 55.6 Å². The fraction of sp³-hybridized carbons (Fsp3) is 0.385. The highest BCUT2D eigenvalue weighted by molar-refractivity contribution is 5.84. The van der Waals surface area contributed by atoms with E-state index in [1.165, 1.54) is 18.6 Å². The van der Waals surface area contributed by atoms with Gasteiger partial charge in [-0.05, 0) is 62.4 Å². The summed E-state index contributed by atoms with van der Waals surface area (Å²) >= 11 is 0. The molecule has 0 bridgehead atoms.